The van der Waals surface area contributed by atoms with Gasteiger partial charge < -0.3 is 21.7 Å². The van der Waals surface area contributed by atoms with E-state index < -0.39 is 5.79 Å². The second-order valence-electron chi connectivity index (χ2n) is 4.53. The van der Waals surface area contributed by atoms with E-state index in [4.69, 9.17) is 11.5 Å². The fourth-order valence-corrected chi connectivity index (χ4v) is 1.76. The van der Waals surface area contributed by atoms with Gasteiger partial charge in [0, 0.05) is 12.8 Å². The van der Waals surface area contributed by atoms with Gasteiger partial charge in [-0.2, -0.15) is 0 Å². The first kappa shape index (κ1) is 15.8. The topological polar surface area (TPSA) is 92.5 Å². The zero-order chi connectivity index (χ0) is 12.3. The quantitative estimate of drug-likeness (QED) is 0.317. The molecule has 0 atom stereocenters. The van der Waals surface area contributed by atoms with Crippen molar-refractivity contribution in [2.75, 3.05) is 13.1 Å². The van der Waals surface area contributed by atoms with Gasteiger partial charge in [-0.05, 0) is 38.8 Å². The van der Waals surface area contributed by atoms with E-state index in [1.165, 1.54) is 0 Å². The van der Waals surface area contributed by atoms with Crippen LogP contribution in [0.3, 0.4) is 0 Å². The first-order valence-corrected chi connectivity index (χ1v) is 6.47. The van der Waals surface area contributed by atoms with Gasteiger partial charge >= 0.3 is 0 Å². The van der Waals surface area contributed by atoms with E-state index in [0.29, 0.717) is 19.4 Å². The smallest absolute Gasteiger partial charge is 0.162 e. The molecule has 0 aliphatic rings. The molecule has 0 radical (unpaired) electrons. The fourth-order valence-electron chi connectivity index (χ4n) is 1.76. The SMILES string of the molecule is NCCCCCCCC(O)(O)CCCCN. The van der Waals surface area contributed by atoms with Crippen LogP contribution in [0, 0.1) is 0 Å². The van der Waals surface area contributed by atoms with E-state index in [9.17, 15) is 10.2 Å². The maximum absolute atomic E-state index is 9.64. The van der Waals surface area contributed by atoms with E-state index in [2.05, 4.69) is 0 Å². The van der Waals surface area contributed by atoms with Crippen molar-refractivity contribution in [2.45, 2.75) is 63.6 Å². The highest BCUT2D eigenvalue weighted by Gasteiger charge is 2.20. The van der Waals surface area contributed by atoms with E-state index in [0.717, 1.165) is 51.5 Å². The summed E-state index contributed by atoms with van der Waals surface area (Å²) in [6.07, 6.45) is 7.84. The van der Waals surface area contributed by atoms with Crippen LogP contribution < -0.4 is 11.5 Å². The van der Waals surface area contributed by atoms with Gasteiger partial charge in [-0.1, -0.05) is 19.3 Å². The van der Waals surface area contributed by atoms with Crippen LogP contribution >= 0.6 is 0 Å². The first-order valence-electron chi connectivity index (χ1n) is 6.47. The van der Waals surface area contributed by atoms with Crippen LogP contribution in [-0.4, -0.2) is 29.1 Å². The molecule has 0 bridgehead atoms. The number of unbranched alkanes of at least 4 members (excludes halogenated alkanes) is 5. The zero-order valence-corrected chi connectivity index (χ0v) is 10.3. The molecule has 0 aromatic carbocycles. The Bertz CT molecular complexity index is 152. The Morgan fingerprint density at radius 1 is 0.625 bits per heavy atom. The third kappa shape index (κ3) is 10.4. The van der Waals surface area contributed by atoms with Crippen LogP contribution in [0.5, 0.6) is 0 Å². The van der Waals surface area contributed by atoms with Crippen molar-refractivity contribution in [3.8, 4) is 0 Å². The predicted molar refractivity (Wildman–Crippen MR) is 66.8 cm³/mol. The minimum atomic E-state index is -1.48. The van der Waals surface area contributed by atoms with Crippen molar-refractivity contribution < 1.29 is 10.2 Å². The standard InChI is InChI=1S/C12H28N2O2/c13-10-6-3-1-2-4-8-12(15,16)9-5-7-11-14/h15-16H,1-11,13-14H2. The molecule has 0 aromatic heterocycles. The van der Waals surface area contributed by atoms with Crippen LogP contribution in [0.15, 0.2) is 0 Å². The monoisotopic (exact) mass is 232 g/mol. The summed E-state index contributed by atoms with van der Waals surface area (Å²) < 4.78 is 0. The molecule has 0 aliphatic carbocycles. The summed E-state index contributed by atoms with van der Waals surface area (Å²) in [5, 5.41) is 19.3. The molecule has 0 heterocycles. The van der Waals surface area contributed by atoms with Crippen LogP contribution in [0.2, 0.25) is 0 Å². The molecule has 4 nitrogen and oxygen atoms in total. The lowest BCUT2D eigenvalue weighted by Gasteiger charge is -2.21. The molecule has 0 spiro atoms. The summed E-state index contributed by atoms with van der Waals surface area (Å²) >= 11 is 0. The average Bonchev–Trinajstić information content (AvgIpc) is 2.23. The maximum Gasteiger partial charge on any atom is 0.162 e. The van der Waals surface area contributed by atoms with Crippen molar-refractivity contribution in [1.82, 2.24) is 0 Å². The molecule has 0 saturated carbocycles. The van der Waals surface area contributed by atoms with Gasteiger partial charge in [0.15, 0.2) is 5.79 Å². The highest BCUT2D eigenvalue weighted by Crippen LogP contribution is 2.19. The average molecular weight is 232 g/mol. The van der Waals surface area contributed by atoms with Crippen molar-refractivity contribution in [3.05, 3.63) is 0 Å². The molecule has 0 rings (SSSR count). The molecule has 0 fully saturated rings. The minimum Gasteiger partial charge on any atom is -0.366 e. The van der Waals surface area contributed by atoms with Crippen molar-refractivity contribution >= 4 is 0 Å². The summed E-state index contributed by atoms with van der Waals surface area (Å²) in [7, 11) is 0. The van der Waals surface area contributed by atoms with E-state index in [1.807, 2.05) is 0 Å². The van der Waals surface area contributed by atoms with Gasteiger partial charge in [-0.15, -0.1) is 0 Å². The number of hydrogen-bond donors (Lipinski definition) is 4. The highest BCUT2D eigenvalue weighted by molar-refractivity contribution is 4.65. The van der Waals surface area contributed by atoms with Crippen molar-refractivity contribution in [1.29, 1.82) is 0 Å². The molecule has 0 saturated heterocycles. The van der Waals surface area contributed by atoms with E-state index in [1.54, 1.807) is 0 Å². The first-order chi connectivity index (χ1) is 7.62. The molecular formula is C12H28N2O2. The summed E-state index contributed by atoms with van der Waals surface area (Å²) in [4.78, 5) is 0. The Morgan fingerprint density at radius 2 is 1.00 bits per heavy atom. The predicted octanol–water partition coefficient (Wildman–Crippen LogP) is 1.10. The second kappa shape index (κ2) is 10.0. The summed E-state index contributed by atoms with van der Waals surface area (Å²) in [6.45, 7) is 1.37. The fraction of sp³-hybridized carbons (Fsp3) is 1.00. The van der Waals surface area contributed by atoms with E-state index in [-0.39, 0.29) is 0 Å². The molecule has 98 valence electrons. The molecule has 0 aliphatic heterocycles. The van der Waals surface area contributed by atoms with Crippen LogP contribution in [0.1, 0.15) is 57.8 Å². The van der Waals surface area contributed by atoms with E-state index >= 15 is 0 Å². The number of rotatable bonds is 11. The minimum absolute atomic E-state index is 0.438. The molecule has 6 N–H and O–H groups in total. The van der Waals surface area contributed by atoms with Gasteiger partial charge in [0.05, 0.1) is 0 Å². The molecule has 0 amide bonds. The molecule has 4 heteroatoms. The van der Waals surface area contributed by atoms with Gasteiger partial charge in [-0.25, -0.2) is 0 Å². The normalized spacial score (nSPS) is 12.0. The molecule has 0 unspecified atom stereocenters. The van der Waals surface area contributed by atoms with Crippen LogP contribution in [0.4, 0.5) is 0 Å². The van der Waals surface area contributed by atoms with Crippen LogP contribution in [0.25, 0.3) is 0 Å². The number of hydrogen-bond acceptors (Lipinski definition) is 4. The van der Waals surface area contributed by atoms with Crippen molar-refractivity contribution in [2.24, 2.45) is 11.5 Å². The Labute approximate surface area is 99.0 Å². The van der Waals surface area contributed by atoms with Crippen LogP contribution in [-0.2, 0) is 0 Å². The Kier molecular flexibility index (Phi) is 9.92. The summed E-state index contributed by atoms with van der Waals surface area (Å²) in [5.41, 5.74) is 10.7. The largest absolute Gasteiger partial charge is 0.366 e. The number of aliphatic hydroxyl groups is 2. The van der Waals surface area contributed by atoms with Gasteiger partial charge in [0.1, 0.15) is 0 Å². The zero-order valence-electron chi connectivity index (χ0n) is 10.3. The molecule has 16 heavy (non-hydrogen) atoms. The maximum atomic E-state index is 9.64. The Hall–Kier alpha value is -0.160. The van der Waals surface area contributed by atoms with Gasteiger partial charge in [-0.3, -0.25) is 0 Å². The van der Waals surface area contributed by atoms with Gasteiger partial charge in [0.2, 0.25) is 0 Å². The lowest BCUT2D eigenvalue weighted by Crippen LogP contribution is -2.27. The van der Waals surface area contributed by atoms with Crippen molar-refractivity contribution in [3.63, 3.8) is 0 Å². The number of nitrogens with two attached hydrogens (primary N) is 2. The Morgan fingerprint density at radius 3 is 1.56 bits per heavy atom. The summed E-state index contributed by atoms with van der Waals surface area (Å²) in [5.74, 6) is -1.48. The molecule has 0 aromatic rings. The third-order valence-corrected chi connectivity index (χ3v) is 2.81. The Balaban J connectivity index is 3.35. The second-order valence-corrected chi connectivity index (χ2v) is 4.53. The highest BCUT2D eigenvalue weighted by atomic mass is 16.5. The summed E-state index contributed by atoms with van der Waals surface area (Å²) in [6, 6.07) is 0. The molecular weight excluding hydrogens is 204 g/mol. The lowest BCUT2D eigenvalue weighted by molar-refractivity contribution is -0.171. The third-order valence-electron chi connectivity index (χ3n) is 2.81. The van der Waals surface area contributed by atoms with Gasteiger partial charge in [0.25, 0.3) is 0 Å². The lowest BCUT2D eigenvalue weighted by atomic mass is 10.0.